The van der Waals surface area contributed by atoms with Crippen molar-refractivity contribution in [2.75, 3.05) is 13.1 Å². The molecule has 4 amide bonds. The number of nitrogens with one attached hydrogen (secondary N) is 3. The number of hydrogen-bond acceptors (Lipinski definition) is 5. The Bertz CT molecular complexity index is 1200. The monoisotopic (exact) mass is 521 g/mol. The van der Waals surface area contributed by atoms with Crippen molar-refractivity contribution >= 4 is 34.4 Å². The van der Waals surface area contributed by atoms with Crippen LogP contribution < -0.4 is 16.0 Å². The van der Waals surface area contributed by atoms with E-state index in [2.05, 4.69) is 20.9 Å². The topological polar surface area (TPSA) is 120 Å². The molecule has 204 valence electrons. The molecule has 2 aromatic rings. The minimum Gasteiger partial charge on any atom is -0.354 e. The first-order valence-corrected chi connectivity index (χ1v) is 13.8. The first kappa shape index (κ1) is 27.5. The maximum atomic E-state index is 13.5. The van der Waals surface area contributed by atoms with Gasteiger partial charge in [0, 0.05) is 24.2 Å². The van der Waals surface area contributed by atoms with Crippen LogP contribution in [0.4, 0.5) is 0 Å². The first-order valence-electron chi connectivity index (χ1n) is 13.8. The first-order chi connectivity index (χ1) is 18.2. The zero-order valence-electron chi connectivity index (χ0n) is 22.6. The number of rotatable bonds is 2. The SMILES string of the molecule is CC(C)C[C@@H]1NC(=O)[C@H](C)NC(=O)c2cc3ccccc3c(n2)CCCCCNC(=O)[C@@H]2CCCN2C1=O. The molecule has 1 saturated heterocycles. The number of aryl methyl sites for hydroxylation is 1. The largest absolute Gasteiger partial charge is 0.354 e. The van der Waals surface area contributed by atoms with Gasteiger partial charge in [-0.25, -0.2) is 4.98 Å². The molecule has 0 radical (unpaired) electrons. The van der Waals surface area contributed by atoms with Gasteiger partial charge in [0.1, 0.15) is 23.8 Å². The molecule has 3 heterocycles. The fraction of sp³-hybridized carbons (Fsp3) is 0.552. The van der Waals surface area contributed by atoms with Gasteiger partial charge >= 0.3 is 0 Å². The van der Waals surface area contributed by atoms with E-state index < -0.39 is 29.9 Å². The van der Waals surface area contributed by atoms with Crippen LogP contribution in [0.2, 0.25) is 0 Å². The third kappa shape index (κ3) is 6.49. The fourth-order valence-electron chi connectivity index (χ4n) is 5.33. The van der Waals surface area contributed by atoms with Crippen LogP contribution in [-0.2, 0) is 20.8 Å². The van der Waals surface area contributed by atoms with Gasteiger partial charge in [-0.05, 0) is 62.8 Å². The van der Waals surface area contributed by atoms with Crippen LogP contribution in [0.5, 0.6) is 0 Å². The predicted octanol–water partition coefficient (Wildman–Crippen LogP) is 2.72. The summed E-state index contributed by atoms with van der Waals surface area (Å²) in [5.41, 5.74) is 1.11. The van der Waals surface area contributed by atoms with E-state index in [-0.39, 0.29) is 23.4 Å². The summed E-state index contributed by atoms with van der Waals surface area (Å²) in [7, 11) is 0. The summed E-state index contributed by atoms with van der Waals surface area (Å²) in [6, 6.07) is 7.41. The Morgan fingerprint density at radius 1 is 1.00 bits per heavy atom. The number of fused-ring (bicyclic) bond motifs is 5. The Labute approximate surface area is 224 Å². The van der Waals surface area contributed by atoms with Crippen LogP contribution in [0, 0.1) is 5.92 Å². The normalized spacial score (nSPS) is 24.2. The number of aromatic nitrogens is 1. The molecular formula is C29H39N5O4. The van der Waals surface area contributed by atoms with E-state index in [0.717, 1.165) is 42.1 Å². The second kappa shape index (κ2) is 12.4. The van der Waals surface area contributed by atoms with Crippen molar-refractivity contribution in [2.45, 2.75) is 83.8 Å². The molecule has 1 fully saturated rings. The van der Waals surface area contributed by atoms with E-state index in [9.17, 15) is 19.2 Å². The van der Waals surface area contributed by atoms with Crippen LogP contribution in [0.3, 0.4) is 0 Å². The number of benzene rings is 1. The van der Waals surface area contributed by atoms with Crippen LogP contribution in [0.25, 0.3) is 10.8 Å². The maximum absolute atomic E-state index is 13.5. The second-order valence-corrected chi connectivity index (χ2v) is 10.9. The number of nitrogens with zero attached hydrogens (tertiary/aromatic N) is 2. The summed E-state index contributed by atoms with van der Waals surface area (Å²) in [6.07, 6.45) is 5.07. The highest BCUT2D eigenvalue weighted by Gasteiger charge is 2.38. The van der Waals surface area contributed by atoms with Crippen LogP contribution >= 0.6 is 0 Å². The van der Waals surface area contributed by atoms with Gasteiger partial charge in [-0.15, -0.1) is 0 Å². The number of carbonyl (C=O) groups is 4. The Kier molecular flexibility index (Phi) is 8.97. The second-order valence-electron chi connectivity index (χ2n) is 10.9. The Morgan fingerprint density at radius 3 is 2.58 bits per heavy atom. The highest BCUT2D eigenvalue weighted by Crippen LogP contribution is 2.22. The molecule has 9 heteroatoms. The molecule has 0 aliphatic carbocycles. The number of hydrogen-bond donors (Lipinski definition) is 3. The average molecular weight is 522 g/mol. The summed E-state index contributed by atoms with van der Waals surface area (Å²) < 4.78 is 0. The minimum atomic E-state index is -0.874. The van der Waals surface area contributed by atoms with E-state index in [0.29, 0.717) is 32.4 Å². The van der Waals surface area contributed by atoms with Gasteiger partial charge in [0.15, 0.2) is 0 Å². The summed E-state index contributed by atoms with van der Waals surface area (Å²) in [5.74, 6) is -1.12. The molecule has 3 N–H and O–H groups in total. The molecule has 4 rings (SSSR count). The Hall–Kier alpha value is -3.49. The van der Waals surface area contributed by atoms with Crippen LogP contribution in [-0.4, -0.2) is 64.7 Å². The third-order valence-electron chi connectivity index (χ3n) is 7.34. The quantitative estimate of drug-likeness (QED) is 0.561. The Balaban J connectivity index is 1.61. The highest BCUT2D eigenvalue weighted by molar-refractivity contribution is 6.00. The molecule has 3 atom stereocenters. The standard InChI is InChI=1S/C29H39N5O4/c1-18(2)16-24-29(38)34-15-9-13-25(34)28(37)30-14-8-4-5-12-22-21-11-7-6-10-20(21)17-23(32-22)27(36)31-19(3)26(35)33-24/h6-7,10-11,17-19,24-25H,4-5,8-9,12-16H2,1-3H3,(H,30,37)(H,31,36)(H,33,35)/t19-,24-,25-/m0/s1. The van der Waals surface area contributed by atoms with Gasteiger partial charge in [0.25, 0.3) is 5.91 Å². The summed E-state index contributed by atoms with van der Waals surface area (Å²) in [5, 5.41) is 10.5. The van der Waals surface area contributed by atoms with Crippen molar-refractivity contribution in [3.8, 4) is 0 Å². The number of amides is 4. The smallest absolute Gasteiger partial charge is 0.270 e. The van der Waals surface area contributed by atoms with Gasteiger partial charge in [0.2, 0.25) is 17.7 Å². The summed E-state index contributed by atoms with van der Waals surface area (Å²) in [4.78, 5) is 59.1. The molecule has 2 aliphatic rings. The molecule has 9 nitrogen and oxygen atoms in total. The van der Waals surface area contributed by atoms with Crippen molar-refractivity contribution < 1.29 is 19.2 Å². The molecule has 0 spiro atoms. The lowest BCUT2D eigenvalue weighted by molar-refractivity contribution is -0.142. The zero-order valence-corrected chi connectivity index (χ0v) is 22.6. The summed E-state index contributed by atoms with van der Waals surface area (Å²) in [6.45, 7) is 6.59. The van der Waals surface area contributed by atoms with Crippen LogP contribution in [0.1, 0.15) is 75.5 Å². The van der Waals surface area contributed by atoms with Gasteiger partial charge < -0.3 is 20.9 Å². The molecule has 0 saturated carbocycles. The van der Waals surface area contributed by atoms with Gasteiger partial charge in [-0.3, -0.25) is 19.2 Å². The molecular weight excluding hydrogens is 482 g/mol. The lowest BCUT2D eigenvalue weighted by Gasteiger charge is -2.30. The van der Waals surface area contributed by atoms with E-state index in [1.165, 1.54) is 0 Å². The lowest BCUT2D eigenvalue weighted by atomic mass is 10.0. The Morgan fingerprint density at radius 2 is 1.79 bits per heavy atom. The molecule has 2 aliphatic heterocycles. The van der Waals surface area contributed by atoms with Gasteiger partial charge in [-0.2, -0.15) is 0 Å². The molecule has 1 aromatic carbocycles. The maximum Gasteiger partial charge on any atom is 0.270 e. The molecule has 0 unspecified atom stereocenters. The van der Waals surface area contributed by atoms with Crippen molar-refractivity contribution in [3.63, 3.8) is 0 Å². The lowest BCUT2D eigenvalue weighted by Crippen LogP contribution is -2.56. The van der Waals surface area contributed by atoms with Crippen molar-refractivity contribution in [2.24, 2.45) is 5.92 Å². The summed E-state index contributed by atoms with van der Waals surface area (Å²) >= 11 is 0. The van der Waals surface area contributed by atoms with E-state index in [1.54, 1.807) is 17.9 Å². The zero-order chi connectivity index (χ0) is 27.2. The van der Waals surface area contributed by atoms with Crippen LogP contribution in [0.15, 0.2) is 30.3 Å². The number of carbonyl (C=O) groups excluding carboxylic acids is 4. The average Bonchev–Trinajstić information content (AvgIpc) is 3.38. The third-order valence-corrected chi connectivity index (χ3v) is 7.34. The van der Waals surface area contributed by atoms with E-state index in [4.69, 9.17) is 0 Å². The highest BCUT2D eigenvalue weighted by atomic mass is 16.2. The minimum absolute atomic E-state index is 0.135. The van der Waals surface area contributed by atoms with Gasteiger partial charge in [-0.1, -0.05) is 44.5 Å². The van der Waals surface area contributed by atoms with E-state index in [1.807, 2.05) is 38.1 Å². The number of pyridine rings is 1. The van der Waals surface area contributed by atoms with Crippen molar-refractivity contribution in [3.05, 3.63) is 41.7 Å². The molecule has 1 aromatic heterocycles. The van der Waals surface area contributed by atoms with E-state index >= 15 is 0 Å². The molecule has 2 bridgehead atoms. The van der Waals surface area contributed by atoms with Crippen molar-refractivity contribution in [1.29, 1.82) is 0 Å². The predicted molar refractivity (Wildman–Crippen MR) is 145 cm³/mol. The van der Waals surface area contributed by atoms with Crippen molar-refractivity contribution in [1.82, 2.24) is 25.8 Å². The van der Waals surface area contributed by atoms with Gasteiger partial charge in [0.05, 0.1) is 0 Å². The molecule has 38 heavy (non-hydrogen) atoms. The fourth-order valence-corrected chi connectivity index (χ4v) is 5.33.